The Balaban J connectivity index is 1.46. The van der Waals surface area contributed by atoms with Crippen LogP contribution in [0.25, 0.3) is 0 Å². The number of carbonyl (C=O) groups excluding carboxylic acids is 4. The fourth-order valence-corrected chi connectivity index (χ4v) is 5.00. The average Bonchev–Trinajstić information content (AvgIpc) is 3.75. The van der Waals surface area contributed by atoms with Crippen molar-refractivity contribution in [3.8, 4) is 5.75 Å². The van der Waals surface area contributed by atoms with Crippen LogP contribution in [0.3, 0.4) is 0 Å². The number of Topliss-reactive ketones (excluding diaryl/α,β-unsaturated/α-hetero) is 1. The molecule has 1 heterocycles. The number of hydrogen-bond donors (Lipinski definition) is 3. The second kappa shape index (κ2) is 14.4. The summed E-state index contributed by atoms with van der Waals surface area (Å²) in [6.45, 7) is 6.12. The van der Waals surface area contributed by atoms with Crippen LogP contribution < -0.4 is 20.7 Å². The first-order valence-corrected chi connectivity index (χ1v) is 14.6. The maximum Gasteiger partial charge on any atom is 0.243 e. The molecule has 1 saturated heterocycles. The van der Waals surface area contributed by atoms with Crippen molar-refractivity contribution in [1.29, 1.82) is 0 Å². The van der Waals surface area contributed by atoms with E-state index in [0.29, 0.717) is 38.5 Å². The Bertz CT molecular complexity index is 1230. The second-order valence-corrected chi connectivity index (χ2v) is 11.5. The summed E-state index contributed by atoms with van der Waals surface area (Å²) in [6, 6.07) is 14.2. The fraction of sp³-hybridized carbons (Fsp3) is 0.500. The van der Waals surface area contributed by atoms with E-state index in [1.165, 1.54) is 0 Å². The molecule has 3 N–H and O–H groups in total. The number of nitrogens with one attached hydrogen (secondary N) is 3. The summed E-state index contributed by atoms with van der Waals surface area (Å²) < 4.78 is 10.6. The molecular weight excluding hydrogens is 536 g/mol. The zero-order valence-corrected chi connectivity index (χ0v) is 24.7. The molecule has 2 aromatic carbocycles. The van der Waals surface area contributed by atoms with Gasteiger partial charge in [0.1, 0.15) is 17.8 Å². The second-order valence-electron chi connectivity index (χ2n) is 11.5. The van der Waals surface area contributed by atoms with Crippen LogP contribution in [-0.4, -0.2) is 86.5 Å². The summed E-state index contributed by atoms with van der Waals surface area (Å²) in [4.78, 5) is 55.0. The van der Waals surface area contributed by atoms with Gasteiger partial charge >= 0.3 is 0 Å². The molecule has 0 unspecified atom stereocenters. The average molecular weight is 579 g/mol. The number of ether oxygens (including phenoxy) is 2. The Morgan fingerprint density at radius 3 is 2.07 bits per heavy atom. The molecule has 2 aliphatic rings. The van der Waals surface area contributed by atoms with Crippen LogP contribution in [0.1, 0.15) is 37.8 Å². The molecule has 4 rings (SSSR count). The Hall–Kier alpha value is -3.76. The minimum atomic E-state index is -0.970. The van der Waals surface area contributed by atoms with Crippen molar-refractivity contribution in [2.45, 2.75) is 57.7 Å². The molecule has 3 amide bonds. The first kappa shape index (κ1) is 31.2. The number of ketones is 1. The van der Waals surface area contributed by atoms with Crippen LogP contribution in [0.15, 0.2) is 54.6 Å². The molecule has 2 fully saturated rings. The zero-order chi connectivity index (χ0) is 30.1. The first-order chi connectivity index (χ1) is 20.2. The smallest absolute Gasteiger partial charge is 0.243 e. The van der Waals surface area contributed by atoms with E-state index in [2.05, 4.69) is 16.0 Å². The summed E-state index contributed by atoms with van der Waals surface area (Å²) in [5.41, 5.74) is 1.30. The van der Waals surface area contributed by atoms with Crippen LogP contribution in [0.4, 0.5) is 0 Å². The predicted molar refractivity (Wildman–Crippen MR) is 158 cm³/mol. The van der Waals surface area contributed by atoms with Gasteiger partial charge in [-0.25, -0.2) is 0 Å². The van der Waals surface area contributed by atoms with Gasteiger partial charge < -0.3 is 25.4 Å². The van der Waals surface area contributed by atoms with Gasteiger partial charge in [-0.15, -0.1) is 0 Å². The highest BCUT2D eigenvalue weighted by molar-refractivity contribution is 5.97. The van der Waals surface area contributed by atoms with E-state index >= 15 is 0 Å². The van der Waals surface area contributed by atoms with Gasteiger partial charge in [0, 0.05) is 24.9 Å². The highest BCUT2D eigenvalue weighted by atomic mass is 16.5. The number of amides is 3. The summed E-state index contributed by atoms with van der Waals surface area (Å²) in [7, 11) is 1.57. The molecule has 10 nitrogen and oxygen atoms in total. The topological polar surface area (TPSA) is 126 Å². The molecule has 1 aliphatic heterocycles. The molecule has 0 bridgehead atoms. The molecule has 2 aromatic rings. The molecule has 0 spiro atoms. The number of methoxy groups -OCH3 is 1. The SMILES string of the molecule is COc1ccc(C[C@H](NC(=O)[C@H](C)NC(=O)CN2CCOCC2)C(=O)N[C@@H](Cc2ccccc2)C(=O)C2(C)CC2)cc1. The Morgan fingerprint density at radius 1 is 0.857 bits per heavy atom. The van der Waals surface area contributed by atoms with Crippen molar-refractivity contribution in [3.05, 3.63) is 65.7 Å². The lowest BCUT2D eigenvalue weighted by atomic mass is 9.92. The van der Waals surface area contributed by atoms with E-state index in [-0.39, 0.29) is 24.7 Å². The van der Waals surface area contributed by atoms with Gasteiger partial charge in [-0.05, 0) is 49.4 Å². The molecule has 42 heavy (non-hydrogen) atoms. The normalized spacial score (nSPS) is 18.2. The fourth-order valence-electron chi connectivity index (χ4n) is 5.00. The van der Waals surface area contributed by atoms with Crippen LogP contribution in [-0.2, 0) is 36.8 Å². The van der Waals surface area contributed by atoms with E-state index in [0.717, 1.165) is 24.0 Å². The van der Waals surface area contributed by atoms with Crippen molar-refractivity contribution >= 4 is 23.5 Å². The minimum Gasteiger partial charge on any atom is -0.497 e. The van der Waals surface area contributed by atoms with Gasteiger partial charge in [0.25, 0.3) is 0 Å². The van der Waals surface area contributed by atoms with E-state index in [1.54, 1.807) is 26.2 Å². The largest absolute Gasteiger partial charge is 0.497 e. The lowest BCUT2D eigenvalue weighted by molar-refractivity contribution is -0.134. The lowest BCUT2D eigenvalue weighted by Crippen LogP contribution is -2.57. The summed E-state index contributed by atoms with van der Waals surface area (Å²) in [5.74, 6) is -0.546. The monoisotopic (exact) mass is 578 g/mol. The Morgan fingerprint density at radius 2 is 1.45 bits per heavy atom. The maximum atomic E-state index is 13.8. The van der Waals surface area contributed by atoms with Gasteiger partial charge in [-0.2, -0.15) is 0 Å². The minimum absolute atomic E-state index is 0.00188. The summed E-state index contributed by atoms with van der Waals surface area (Å²) in [6.07, 6.45) is 2.14. The van der Waals surface area contributed by atoms with Crippen molar-refractivity contribution in [1.82, 2.24) is 20.9 Å². The zero-order valence-electron chi connectivity index (χ0n) is 24.7. The third-order valence-corrected chi connectivity index (χ3v) is 7.98. The van der Waals surface area contributed by atoms with Crippen LogP contribution in [0, 0.1) is 5.41 Å². The van der Waals surface area contributed by atoms with Crippen molar-refractivity contribution < 1.29 is 28.7 Å². The molecule has 3 atom stereocenters. The highest BCUT2D eigenvalue weighted by Gasteiger charge is 2.48. The molecule has 1 saturated carbocycles. The van der Waals surface area contributed by atoms with Crippen molar-refractivity contribution in [2.75, 3.05) is 40.0 Å². The molecule has 0 radical (unpaired) electrons. The van der Waals surface area contributed by atoms with Crippen LogP contribution >= 0.6 is 0 Å². The number of hydrogen-bond acceptors (Lipinski definition) is 7. The molecule has 226 valence electrons. The van der Waals surface area contributed by atoms with Gasteiger partial charge in [0.2, 0.25) is 17.7 Å². The lowest BCUT2D eigenvalue weighted by Gasteiger charge is -2.27. The third kappa shape index (κ3) is 8.87. The summed E-state index contributed by atoms with van der Waals surface area (Å²) >= 11 is 0. The van der Waals surface area contributed by atoms with E-state index in [9.17, 15) is 19.2 Å². The maximum absolute atomic E-state index is 13.8. The number of rotatable bonds is 14. The van der Waals surface area contributed by atoms with E-state index in [4.69, 9.17) is 9.47 Å². The van der Waals surface area contributed by atoms with Crippen LogP contribution in [0.5, 0.6) is 5.75 Å². The number of morpholine rings is 1. The third-order valence-electron chi connectivity index (χ3n) is 7.98. The van der Waals surface area contributed by atoms with Crippen molar-refractivity contribution in [3.63, 3.8) is 0 Å². The van der Waals surface area contributed by atoms with Crippen molar-refractivity contribution in [2.24, 2.45) is 5.41 Å². The van der Waals surface area contributed by atoms with E-state index < -0.39 is 35.4 Å². The highest BCUT2D eigenvalue weighted by Crippen LogP contribution is 2.46. The van der Waals surface area contributed by atoms with Gasteiger partial charge in [-0.1, -0.05) is 49.4 Å². The van der Waals surface area contributed by atoms with Gasteiger partial charge in [0.15, 0.2) is 5.78 Å². The van der Waals surface area contributed by atoms with Crippen LogP contribution in [0.2, 0.25) is 0 Å². The molecule has 0 aromatic heterocycles. The molecular formula is C32H42N4O6. The predicted octanol–water partition coefficient (Wildman–Crippen LogP) is 1.66. The van der Waals surface area contributed by atoms with Gasteiger partial charge in [-0.3, -0.25) is 24.1 Å². The first-order valence-electron chi connectivity index (χ1n) is 14.6. The number of carbonyl (C=O) groups is 4. The quantitative estimate of drug-likeness (QED) is 0.311. The number of nitrogens with zero attached hydrogens (tertiary/aromatic N) is 1. The summed E-state index contributed by atoms with van der Waals surface area (Å²) in [5, 5.41) is 8.52. The standard InChI is InChI=1S/C32H42N4O6/c1-22(33-28(37)21-36-15-17-42-18-16-36)30(39)35-27(20-24-9-11-25(41-3)12-10-24)31(40)34-26(29(38)32(2)13-14-32)19-23-7-5-4-6-8-23/h4-12,22,26-27H,13-21H2,1-3H3,(H,33,37)(H,34,40)(H,35,39)/t22-,26-,27-/m0/s1. The van der Waals surface area contributed by atoms with Gasteiger partial charge in [0.05, 0.1) is 32.9 Å². The Kier molecular flexibility index (Phi) is 10.7. The number of benzene rings is 2. The Labute approximate surface area is 247 Å². The van der Waals surface area contributed by atoms with E-state index in [1.807, 2.05) is 54.3 Å². The molecule has 10 heteroatoms. The molecule has 1 aliphatic carbocycles.